The van der Waals surface area contributed by atoms with Gasteiger partial charge in [0.1, 0.15) is 5.75 Å². The van der Waals surface area contributed by atoms with Crippen LogP contribution in [0.3, 0.4) is 0 Å². The molecule has 1 amide bonds. The molecule has 0 radical (unpaired) electrons. The van der Waals surface area contributed by atoms with Crippen molar-refractivity contribution < 1.29 is 9.53 Å². The first-order valence-corrected chi connectivity index (χ1v) is 8.81. The van der Waals surface area contributed by atoms with Crippen molar-refractivity contribution in [1.29, 1.82) is 0 Å². The van der Waals surface area contributed by atoms with Crippen LogP contribution in [-0.4, -0.2) is 19.1 Å². The van der Waals surface area contributed by atoms with Crippen LogP contribution in [0.15, 0.2) is 42.5 Å². The zero-order valence-corrected chi connectivity index (χ0v) is 16.0. The predicted octanol–water partition coefficient (Wildman–Crippen LogP) is 4.86. The highest BCUT2D eigenvalue weighted by molar-refractivity contribution is 6.42. The van der Waals surface area contributed by atoms with E-state index in [0.29, 0.717) is 28.1 Å². The monoisotopic (exact) mass is 380 g/mol. The van der Waals surface area contributed by atoms with Crippen molar-refractivity contribution in [2.45, 2.75) is 26.3 Å². The number of benzene rings is 2. The van der Waals surface area contributed by atoms with Gasteiger partial charge in [-0.3, -0.25) is 10.1 Å². The maximum atomic E-state index is 12.3. The van der Waals surface area contributed by atoms with Crippen molar-refractivity contribution in [2.24, 2.45) is 0 Å². The smallest absolute Gasteiger partial charge is 0.238 e. The quantitative estimate of drug-likeness (QED) is 0.721. The molecule has 4 nitrogen and oxygen atoms in total. The number of hydrogen-bond acceptors (Lipinski definition) is 3. The lowest BCUT2D eigenvalue weighted by molar-refractivity contribution is -0.115. The lowest BCUT2D eigenvalue weighted by Crippen LogP contribution is -2.41. The van der Waals surface area contributed by atoms with Gasteiger partial charge in [-0.15, -0.1) is 0 Å². The second-order valence-corrected chi connectivity index (χ2v) is 6.90. The average molecular weight is 381 g/mol. The standard InChI is InChI=1S/C19H22Cl2N2O2/c1-4-25-17-8-6-5-7-16(17)23-18(24)12-22-19(2,3)13-9-10-14(20)15(21)11-13/h5-11,22H,4,12H2,1-3H3,(H,23,24). The molecule has 0 aromatic heterocycles. The van der Waals surface area contributed by atoms with Gasteiger partial charge in [0.05, 0.1) is 28.9 Å². The first-order chi connectivity index (χ1) is 11.8. The molecule has 0 unspecified atom stereocenters. The number of halogens is 2. The largest absolute Gasteiger partial charge is 0.492 e. The normalized spacial score (nSPS) is 11.2. The van der Waals surface area contributed by atoms with Crippen LogP contribution < -0.4 is 15.4 Å². The molecule has 0 aliphatic heterocycles. The second kappa shape index (κ2) is 8.56. The predicted molar refractivity (Wildman–Crippen MR) is 104 cm³/mol. The Hall–Kier alpha value is -1.75. The van der Waals surface area contributed by atoms with E-state index in [-0.39, 0.29) is 12.5 Å². The van der Waals surface area contributed by atoms with Gasteiger partial charge >= 0.3 is 0 Å². The molecule has 0 aliphatic rings. The first kappa shape index (κ1) is 19.6. The van der Waals surface area contributed by atoms with Crippen molar-refractivity contribution >= 4 is 34.8 Å². The third-order valence-corrected chi connectivity index (χ3v) is 4.53. The van der Waals surface area contributed by atoms with E-state index in [9.17, 15) is 4.79 Å². The second-order valence-electron chi connectivity index (χ2n) is 6.08. The van der Waals surface area contributed by atoms with Gasteiger partial charge in [0.15, 0.2) is 0 Å². The Balaban J connectivity index is 2.00. The fourth-order valence-corrected chi connectivity index (χ4v) is 2.63. The van der Waals surface area contributed by atoms with E-state index in [4.69, 9.17) is 27.9 Å². The van der Waals surface area contributed by atoms with Gasteiger partial charge in [0.2, 0.25) is 5.91 Å². The van der Waals surface area contributed by atoms with Crippen LogP contribution >= 0.6 is 23.2 Å². The Bertz CT molecular complexity index is 748. The number of hydrogen-bond donors (Lipinski definition) is 2. The van der Waals surface area contributed by atoms with E-state index in [2.05, 4.69) is 10.6 Å². The summed E-state index contributed by atoms with van der Waals surface area (Å²) in [5.41, 5.74) is 1.17. The molecule has 0 spiro atoms. The molecular formula is C19H22Cl2N2O2. The molecule has 2 aromatic carbocycles. The third-order valence-electron chi connectivity index (χ3n) is 3.79. The zero-order valence-electron chi connectivity index (χ0n) is 14.5. The van der Waals surface area contributed by atoms with Crippen LogP contribution in [0.25, 0.3) is 0 Å². The molecule has 0 fully saturated rings. The topological polar surface area (TPSA) is 50.4 Å². The maximum Gasteiger partial charge on any atom is 0.238 e. The number of ether oxygens (including phenoxy) is 1. The maximum absolute atomic E-state index is 12.3. The number of carbonyl (C=O) groups is 1. The molecule has 0 saturated carbocycles. The molecule has 6 heteroatoms. The lowest BCUT2D eigenvalue weighted by atomic mass is 9.94. The number of para-hydroxylation sites is 2. The lowest BCUT2D eigenvalue weighted by Gasteiger charge is -2.27. The highest BCUT2D eigenvalue weighted by Crippen LogP contribution is 2.28. The van der Waals surface area contributed by atoms with Crippen molar-refractivity contribution in [3.63, 3.8) is 0 Å². The van der Waals surface area contributed by atoms with Crippen LogP contribution in [0.5, 0.6) is 5.75 Å². The van der Waals surface area contributed by atoms with Gasteiger partial charge in [-0.1, -0.05) is 41.4 Å². The average Bonchev–Trinajstić information content (AvgIpc) is 2.57. The Morgan fingerprint density at radius 2 is 1.84 bits per heavy atom. The first-order valence-electron chi connectivity index (χ1n) is 8.05. The van der Waals surface area contributed by atoms with Crippen molar-refractivity contribution in [1.82, 2.24) is 5.32 Å². The molecule has 0 heterocycles. The fourth-order valence-electron chi connectivity index (χ4n) is 2.33. The van der Waals surface area contributed by atoms with Crippen molar-refractivity contribution in [3.8, 4) is 5.75 Å². The van der Waals surface area contributed by atoms with E-state index in [0.717, 1.165) is 5.56 Å². The van der Waals surface area contributed by atoms with Crippen LogP contribution in [0.1, 0.15) is 26.3 Å². The van der Waals surface area contributed by atoms with Gasteiger partial charge < -0.3 is 10.1 Å². The summed E-state index contributed by atoms with van der Waals surface area (Å²) in [6, 6.07) is 12.8. The Morgan fingerprint density at radius 3 is 2.52 bits per heavy atom. The number of nitrogens with one attached hydrogen (secondary N) is 2. The summed E-state index contributed by atoms with van der Waals surface area (Å²) in [7, 11) is 0. The molecule has 0 bridgehead atoms. The number of rotatable bonds is 7. The Morgan fingerprint density at radius 1 is 1.12 bits per heavy atom. The summed E-state index contributed by atoms with van der Waals surface area (Å²) < 4.78 is 5.51. The minimum atomic E-state index is -0.439. The van der Waals surface area contributed by atoms with E-state index in [1.807, 2.05) is 51.1 Å². The third kappa shape index (κ3) is 5.36. The summed E-state index contributed by atoms with van der Waals surface area (Å²) >= 11 is 12.0. The summed E-state index contributed by atoms with van der Waals surface area (Å²) in [6.07, 6.45) is 0. The minimum absolute atomic E-state index is 0.147. The molecule has 2 aromatic rings. The van der Waals surface area contributed by atoms with Crippen molar-refractivity contribution in [2.75, 3.05) is 18.5 Å². The van der Waals surface area contributed by atoms with Gasteiger partial charge in [-0.2, -0.15) is 0 Å². The SMILES string of the molecule is CCOc1ccccc1NC(=O)CNC(C)(C)c1ccc(Cl)c(Cl)c1. The molecule has 25 heavy (non-hydrogen) atoms. The zero-order chi connectivity index (χ0) is 18.4. The number of carbonyl (C=O) groups excluding carboxylic acids is 1. The van der Waals surface area contributed by atoms with Crippen LogP contribution in [0, 0.1) is 0 Å². The van der Waals surface area contributed by atoms with E-state index in [1.54, 1.807) is 12.1 Å². The van der Waals surface area contributed by atoms with Gasteiger partial charge in [0.25, 0.3) is 0 Å². The van der Waals surface area contributed by atoms with E-state index >= 15 is 0 Å². The summed E-state index contributed by atoms with van der Waals surface area (Å²) in [5.74, 6) is 0.502. The molecule has 0 saturated heterocycles. The Labute approximate surface area is 158 Å². The van der Waals surface area contributed by atoms with Gasteiger partial charge in [-0.05, 0) is 50.6 Å². The van der Waals surface area contributed by atoms with Crippen molar-refractivity contribution in [3.05, 3.63) is 58.1 Å². The Kier molecular flexibility index (Phi) is 6.71. The highest BCUT2D eigenvalue weighted by Gasteiger charge is 2.22. The number of amides is 1. The summed E-state index contributed by atoms with van der Waals surface area (Å²) in [5, 5.41) is 7.10. The molecule has 134 valence electrons. The van der Waals surface area contributed by atoms with Crippen LogP contribution in [-0.2, 0) is 10.3 Å². The molecule has 2 rings (SSSR count). The van der Waals surface area contributed by atoms with Gasteiger partial charge in [0, 0.05) is 5.54 Å². The van der Waals surface area contributed by atoms with E-state index < -0.39 is 5.54 Å². The van der Waals surface area contributed by atoms with E-state index in [1.165, 1.54) is 0 Å². The molecule has 2 N–H and O–H groups in total. The minimum Gasteiger partial charge on any atom is -0.492 e. The molecule has 0 aliphatic carbocycles. The highest BCUT2D eigenvalue weighted by atomic mass is 35.5. The van der Waals surface area contributed by atoms with Crippen LogP contribution in [0.4, 0.5) is 5.69 Å². The summed E-state index contributed by atoms with van der Waals surface area (Å²) in [6.45, 7) is 6.55. The molecule has 0 atom stereocenters. The molecular weight excluding hydrogens is 359 g/mol. The van der Waals surface area contributed by atoms with Gasteiger partial charge in [-0.25, -0.2) is 0 Å². The van der Waals surface area contributed by atoms with Crippen LogP contribution in [0.2, 0.25) is 10.0 Å². The fraction of sp³-hybridized carbons (Fsp3) is 0.316. The number of anilines is 1. The summed E-state index contributed by atoms with van der Waals surface area (Å²) in [4.78, 5) is 12.3.